The highest BCUT2D eigenvalue weighted by atomic mass is 16.3. The van der Waals surface area contributed by atoms with Gasteiger partial charge in [0.15, 0.2) is 0 Å². The Kier molecular flexibility index (Phi) is 2.99. The van der Waals surface area contributed by atoms with Crippen molar-refractivity contribution in [3.05, 3.63) is 53.9 Å². The number of aromatic hydroxyl groups is 1. The molecular weight excluding hydrogens is 250 g/mol. The van der Waals surface area contributed by atoms with Crippen LogP contribution in [0.25, 0.3) is 11.0 Å². The molecule has 0 aliphatic rings. The SMILES string of the molecule is Cc1nc2cc(N=Cc3ccc(O)cc3)ccc2n1C. The van der Waals surface area contributed by atoms with Crippen molar-refractivity contribution >= 4 is 22.9 Å². The van der Waals surface area contributed by atoms with Crippen LogP contribution in [0.15, 0.2) is 47.5 Å². The summed E-state index contributed by atoms with van der Waals surface area (Å²) in [5.41, 5.74) is 3.86. The van der Waals surface area contributed by atoms with Crippen molar-refractivity contribution in [2.24, 2.45) is 12.0 Å². The molecule has 0 fully saturated rings. The summed E-state index contributed by atoms with van der Waals surface area (Å²) in [6.07, 6.45) is 1.77. The lowest BCUT2D eigenvalue weighted by Gasteiger charge is -1.97. The van der Waals surface area contributed by atoms with Crippen molar-refractivity contribution in [2.75, 3.05) is 0 Å². The van der Waals surface area contributed by atoms with Gasteiger partial charge < -0.3 is 9.67 Å². The first-order valence-electron chi connectivity index (χ1n) is 6.40. The maximum atomic E-state index is 9.23. The van der Waals surface area contributed by atoms with Crippen LogP contribution in [0.2, 0.25) is 0 Å². The largest absolute Gasteiger partial charge is 0.508 e. The number of nitrogens with zero attached hydrogens (tertiary/aromatic N) is 3. The fourth-order valence-corrected chi connectivity index (χ4v) is 2.10. The van der Waals surface area contributed by atoms with Gasteiger partial charge in [0.1, 0.15) is 11.6 Å². The number of phenols is 1. The van der Waals surface area contributed by atoms with Gasteiger partial charge in [-0.1, -0.05) is 0 Å². The van der Waals surface area contributed by atoms with Crippen LogP contribution in [-0.4, -0.2) is 20.9 Å². The van der Waals surface area contributed by atoms with Gasteiger partial charge in [-0.25, -0.2) is 4.98 Å². The predicted octanol–water partition coefficient (Wildman–Crippen LogP) is 3.34. The molecule has 100 valence electrons. The maximum Gasteiger partial charge on any atom is 0.115 e. The summed E-state index contributed by atoms with van der Waals surface area (Å²) in [4.78, 5) is 8.94. The van der Waals surface area contributed by atoms with E-state index in [0.29, 0.717) is 0 Å². The second-order valence-electron chi connectivity index (χ2n) is 4.74. The Morgan fingerprint density at radius 2 is 1.90 bits per heavy atom. The van der Waals surface area contributed by atoms with E-state index in [1.807, 2.05) is 44.3 Å². The molecule has 2 aromatic carbocycles. The van der Waals surface area contributed by atoms with Crippen LogP contribution in [0, 0.1) is 6.92 Å². The van der Waals surface area contributed by atoms with E-state index in [9.17, 15) is 5.11 Å². The minimum Gasteiger partial charge on any atom is -0.508 e. The van der Waals surface area contributed by atoms with Crippen LogP contribution in [0.4, 0.5) is 5.69 Å². The molecule has 1 heterocycles. The van der Waals surface area contributed by atoms with E-state index in [2.05, 4.69) is 14.5 Å². The van der Waals surface area contributed by atoms with E-state index in [-0.39, 0.29) is 5.75 Å². The molecule has 1 aromatic heterocycles. The molecule has 3 rings (SSSR count). The zero-order valence-corrected chi connectivity index (χ0v) is 11.4. The molecule has 1 N–H and O–H groups in total. The van der Waals surface area contributed by atoms with E-state index in [1.54, 1.807) is 18.3 Å². The zero-order chi connectivity index (χ0) is 14.1. The number of phenolic OH excluding ortho intramolecular Hbond substituents is 1. The summed E-state index contributed by atoms with van der Waals surface area (Å²) in [6, 6.07) is 12.9. The van der Waals surface area contributed by atoms with Crippen LogP contribution >= 0.6 is 0 Å². The van der Waals surface area contributed by atoms with E-state index in [1.165, 1.54) is 0 Å². The van der Waals surface area contributed by atoms with Crippen LogP contribution in [0.3, 0.4) is 0 Å². The van der Waals surface area contributed by atoms with E-state index >= 15 is 0 Å². The highest BCUT2D eigenvalue weighted by Gasteiger charge is 2.03. The summed E-state index contributed by atoms with van der Waals surface area (Å²) in [7, 11) is 2.00. The lowest BCUT2D eigenvalue weighted by molar-refractivity contribution is 0.475. The lowest BCUT2D eigenvalue weighted by Crippen LogP contribution is -1.89. The molecule has 0 atom stereocenters. The van der Waals surface area contributed by atoms with Crippen LogP contribution in [0.5, 0.6) is 5.75 Å². The number of aromatic nitrogens is 2. The lowest BCUT2D eigenvalue weighted by atomic mass is 10.2. The third-order valence-corrected chi connectivity index (χ3v) is 3.34. The molecule has 0 spiro atoms. The third kappa shape index (κ3) is 2.28. The Labute approximate surface area is 117 Å². The van der Waals surface area contributed by atoms with E-state index < -0.39 is 0 Å². The number of imidazole rings is 1. The summed E-state index contributed by atoms with van der Waals surface area (Å²) in [5.74, 6) is 1.24. The van der Waals surface area contributed by atoms with Crippen LogP contribution in [-0.2, 0) is 7.05 Å². The fraction of sp³-hybridized carbons (Fsp3) is 0.125. The topological polar surface area (TPSA) is 50.4 Å². The van der Waals surface area contributed by atoms with Crippen LogP contribution in [0.1, 0.15) is 11.4 Å². The van der Waals surface area contributed by atoms with Crippen molar-refractivity contribution in [3.63, 3.8) is 0 Å². The number of hydrogen-bond donors (Lipinski definition) is 1. The molecule has 0 bridgehead atoms. The summed E-state index contributed by atoms with van der Waals surface area (Å²) >= 11 is 0. The van der Waals surface area contributed by atoms with Gasteiger partial charge in [-0.05, 0) is 55.0 Å². The fourth-order valence-electron chi connectivity index (χ4n) is 2.10. The number of fused-ring (bicyclic) bond motifs is 1. The molecular formula is C16H15N3O. The van der Waals surface area contributed by atoms with E-state index in [0.717, 1.165) is 28.1 Å². The molecule has 4 heteroatoms. The average Bonchev–Trinajstić information content (AvgIpc) is 2.73. The molecule has 0 unspecified atom stereocenters. The first-order valence-corrected chi connectivity index (χ1v) is 6.40. The first-order chi connectivity index (χ1) is 9.63. The Morgan fingerprint density at radius 3 is 2.65 bits per heavy atom. The molecule has 0 amide bonds. The molecule has 0 saturated carbocycles. The molecule has 0 aliphatic heterocycles. The second-order valence-corrected chi connectivity index (χ2v) is 4.74. The van der Waals surface area contributed by atoms with E-state index in [4.69, 9.17) is 0 Å². The van der Waals surface area contributed by atoms with Gasteiger partial charge in [0.2, 0.25) is 0 Å². The number of hydrogen-bond acceptors (Lipinski definition) is 3. The third-order valence-electron chi connectivity index (χ3n) is 3.34. The number of aryl methyl sites for hydroxylation is 2. The quantitative estimate of drug-likeness (QED) is 0.722. The predicted molar refractivity (Wildman–Crippen MR) is 80.8 cm³/mol. The van der Waals surface area contributed by atoms with Crippen molar-refractivity contribution in [1.82, 2.24) is 9.55 Å². The Bertz CT molecular complexity index is 785. The molecule has 0 aliphatic carbocycles. The van der Waals surface area contributed by atoms with Gasteiger partial charge in [-0.3, -0.25) is 4.99 Å². The van der Waals surface area contributed by atoms with Gasteiger partial charge in [0, 0.05) is 13.3 Å². The van der Waals surface area contributed by atoms with Gasteiger partial charge in [-0.2, -0.15) is 0 Å². The second kappa shape index (κ2) is 4.81. The van der Waals surface area contributed by atoms with Crippen molar-refractivity contribution in [1.29, 1.82) is 0 Å². The van der Waals surface area contributed by atoms with Crippen molar-refractivity contribution < 1.29 is 5.11 Å². The highest BCUT2D eigenvalue weighted by molar-refractivity contribution is 5.85. The standard InChI is InChI=1S/C16H15N3O/c1-11-18-15-9-13(5-8-16(15)19(11)2)17-10-12-3-6-14(20)7-4-12/h3-10,20H,1-2H3. The summed E-state index contributed by atoms with van der Waals surface area (Å²) in [6.45, 7) is 1.99. The van der Waals surface area contributed by atoms with Gasteiger partial charge in [0.25, 0.3) is 0 Å². The Hall–Kier alpha value is -2.62. The minimum absolute atomic E-state index is 0.257. The highest BCUT2D eigenvalue weighted by Crippen LogP contribution is 2.21. The van der Waals surface area contributed by atoms with Gasteiger partial charge in [0.05, 0.1) is 16.7 Å². The number of benzene rings is 2. The molecule has 20 heavy (non-hydrogen) atoms. The minimum atomic E-state index is 0.257. The average molecular weight is 265 g/mol. The maximum absolute atomic E-state index is 9.23. The van der Waals surface area contributed by atoms with Gasteiger partial charge in [-0.15, -0.1) is 0 Å². The van der Waals surface area contributed by atoms with Crippen molar-refractivity contribution in [2.45, 2.75) is 6.92 Å². The number of rotatable bonds is 2. The monoisotopic (exact) mass is 265 g/mol. The summed E-state index contributed by atoms with van der Waals surface area (Å²) in [5, 5.41) is 9.23. The molecule has 0 saturated heterocycles. The van der Waals surface area contributed by atoms with Crippen LogP contribution < -0.4 is 0 Å². The smallest absolute Gasteiger partial charge is 0.115 e. The van der Waals surface area contributed by atoms with Gasteiger partial charge >= 0.3 is 0 Å². The zero-order valence-electron chi connectivity index (χ0n) is 11.4. The Morgan fingerprint density at radius 1 is 1.15 bits per heavy atom. The van der Waals surface area contributed by atoms with Crippen molar-refractivity contribution in [3.8, 4) is 5.75 Å². The number of aliphatic imine (C=N–C) groups is 1. The molecule has 3 aromatic rings. The summed E-state index contributed by atoms with van der Waals surface area (Å²) < 4.78 is 2.06. The Balaban J connectivity index is 1.92. The first kappa shape index (κ1) is 12.4. The molecule has 4 nitrogen and oxygen atoms in total. The molecule has 0 radical (unpaired) electrons. The normalized spacial score (nSPS) is 11.5.